The van der Waals surface area contributed by atoms with Gasteiger partial charge in [-0.2, -0.15) is 0 Å². The first-order chi connectivity index (χ1) is 9.51. The van der Waals surface area contributed by atoms with Gasteiger partial charge < -0.3 is 5.32 Å². The first-order valence-electron chi connectivity index (χ1n) is 6.06. The van der Waals surface area contributed by atoms with E-state index in [4.69, 9.17) is 0 Å². The summed E-state index contributed by atoms with van der Waals surface area (Å²) in [6, 6.07) is 11.6. The Balaban J connectivity index is 2.30. The van der Waals surface area contributed by atoms with Gasteiger partial charge in [-0.15, -0.1) is 0 Å². The van der Waals surface area contributed by atoms with Gasteiger partial charge in [0.25, 0.3) is 5.91 Å². The predicted molar refractivity (Wildman–Crippen MR) is 98.3 cm³/mol. The molecule has 2 nitrogen and oxygen atoms in total. The summed E-state index contributed by atoms with van der Waals surface area (Å²) in [6.45, 7) is 2.07. The van der Waals surface area contributed by atoms with E-state index in [1.807, 2.05) is 36.4 Å². The zero-order valence-electron chi connectivity index (χ0n) is 10.7. The minimum atomic E-state index is -0.104. The van der Waals surface area contributed by atoms with Crippen molar-refractivity contribution in [1.29, 1.82) is 0 Å². The van der Waals surface area contributed by atoms with Gasteiger partial charge in [0.15, 0.2) is 0 Å². The van der Waals surface area contributed by atoms with Crippen LogP contribution in [0.25, 0.3) is 0 Å². The van der Waals surface area contributed by atoms with Crippen LogP contribution in [0.2, 0.25) is 0 Å². The van der Waals surface area contributed by atoms with Gasteiger partial charge in [-0.25, -0.2) is 0 Å². The maximum absolute atomic E-state index is 12.4. The van der Waals surface area contributed by atoms with Crippen LogP contribution in [0.5, 0.6) is 0 Å². The van der Waals surface area contributed by atoms with Gasteiger partial charge >= 0.3 is 0 Å². The van der Waals surface area contributed by atoms with Crippen LogP contribution in [-0.2, 0) is 6.42 Å². The molecule has 0 radical (unpaired) electrons. The lowest BCUT2D eigenvalue weighted by Gasteiger charge is -2.11. The molecule has 2 aromatic carbocycles. The van der Waals surface area contributed by atoms with Crippen LogP contribution >= 0.6 is 54.5 Å². The topological polar surface area (TPSA) is 29.1 Å². The van der Waals surface area contributed by atoms with E-state index in [1.165, 1.54) is 0 Å². The highest BCUT2D eigenvalue weighted by Gasteiger charge is 2.12. The van der Waals surface area contributed by atoms with Crippen LogP contribution in [-0.4, -0.2) is 5.91 Å². The van der Waals surface area contributed by atoms with Gasteiger partial charge in [0.2, 0.25) is 0 Å². The van der Waals surface area contributed by atoms with Crippen LogP contribution < -0.4 is 5.32 Å². The van der Waals surface area contributed by atoms with Gasteiger partial charge in [-0.1, -0.05) is 22.9 Å². The van der Waals surface area contributed by atoms with E-state index in [0.717, 1.165) is 30.2 Å². The van der Waals surface area contributed by atoms with Crippen LogP contribution in [0, 0.1) is 3.57 Å². The van der Waals surface area contributed by atoms with Crippen LogP contribution in [0.15, 0.2) is 45.3 Å². The fraction of sp³-hybridized carbons (Fsp3) is 0.133. The third kappa shape index (κ3) is 3.83. The summed E-state index contributed by atoms with van der Waals surface area (Å²) in [5.41, 5.74) is 2.60. The molecular formula is C15H12Br2INO. The average Bonchev–Trinajstić information content (AvgIpc) is 2.43. The van der Waals surface area contributed by atoms with Crippen molar-refractivity contribution in [3.63, 3.8) is 0 Å². The van der Waals surface area contributed by atoms with Crippen molar-refractivity contribution in [2.75, 3.05) is 5.32 Å². The first-order valence-corrected chi connectivity index (χ1v) is 8.72. The number of anilines is 1. The Kier molecular flexibility index (Phi) is 5.63. The van der Waals surface area contributed by atoms with Crippen molar-refractivity contribution in [3.05, 3.63) is 60.0 Å². The molecule has 2 rings (SSSR count). The number of carbonyl (C=O) groups is 1. The fourth-order valence-electron chi connectivity index (χ4n) is 1.84. The molecule has 2 aromatic rings. The van der Waals surface area contributed by atoms with E-state index >= 15 is 0 Å². The number of carbonyl (C=O) groups excluding carboxylic acids is 1. The zero-order chi connectivity index (χ0) is 14.7. The Hall–Kier alpha value is -0.400. The third-order valence-electron chi connectivity index (χ3n) is 2.87. The number of hydrogen-bond acceptors (Lipinski definition) is 1. The summed E-state index contributed by atoms with van der Waals surface area (Å²) in [5.74, 6) is -0.104. The van der Waals surface area contributed by atoms with E-state index < -0.39 is 0 Å². The van der Waals surface area contributed by atoms with E-state index in [-0.39, 0.29) is 5.91 Å². The minimum absolute atomic E-state index is 0.104. The average molecular weight is 509 g/mol. The number of amides is 1. The maximum atomic E-state index is 12.4. The molecule has 0 spiro atoms. The molecule has 20 heavy (non-hydrogen) atoms. The number of benzene rings is 2. The smallest absolute Gasteiger partial charge is 0.256 e. The number of nitrogens with one attached hydrogen (secondary N) is 1. The molecule has 0 heterocycles. The molecule has 0 aromatic heterocycles. The lowest BCUT2D eigenvalue weighted by molar-refractivity contribution is 0.102. The lowest BCUT2D eigenvalue weighted by Crippen LogP contribution is -2.14. The molecule has 0 unspecified atom stereocenters. The standard InChI is InChI=1S/C15H12Br2INO/c1-2-9-7-10(16)3-6-14(9)19-15(20)12-8-11(18)4-5-13(12)17/h3-8H,2H2,1H3,(H,19,20). The Morgan fingerprint density at radius 3 is 2.65 bits per heavy atom. The van der Waals surface area contributed by atoms with E-state index in [2.05, 4.69) is 66.7 Å². The molecule has 0 fully saturated rings. The molecule has 0 saturated carbocycles. The summed E-state index contributed by atoms with van der Waals surface area (Å²) in [4.78, 5) is 12.4. The molecule has 0 bridgehead atoms. The first kappa shape index (κ1) is 16.0. The van der Waals surface area contributed by atoms with Gasteiger partial charge in [0, 0.05) is 18.2 Å². The molecule has 104 valence electrons. The van der Waals surface area contributed by atoms with Crippen molar-refractivity contribution in [2.24, 2.45) is 0 Å². The van der Waals surface area contributed by atoms with Crippen molar-refractivity contribution >= 4 is 66.0 Å². The number of halogens is 3. The second-order valence-electron chi connectivity index (χ2n) is 4.23. The minimum Gasteiger partial charge on any atom is -0.322 e. The molecule has 1 N–H and O–H groups in total. The SMILES string of the molecule is CCc1cc(Br)ccc1NC(=O)c1cc(I)ccc1Br. The highest BCUT2D eigenvalue weighted by Crippen LogP contribution is 2.24. The predicted octanol–water partition coefficient (Wildman–Crippen LogP) is 5.63. The van der Waals surface area contributed by atoms with Crippen molar-refractivity contribution < 1.29 is 4.79 Å². The summed E-state index contributed by atoms with van der Waals surface area (Å²) >= 11 is 9.07. The Morgan fingerprint density at radius 1 is 1.20 bits per heavy atom. The molecule has 5 heteroatoms. The fourth-order valence-corrected chi connectivity index (χ4v) is 3.16. The largest absolute Gasteiger partial charge is 0.322 e. The van der Waals surface area contributed by atoms with Crippen molar-refractivity contribution in [1.82, 2.24) is 0 Å². The molecule has 0 aliphatic carbocycles. The second kappa shape index (κ2) is 7.04. The third-order valence-corrected chi connectivity index (χ3v) is 4.73. The monoisotopic (exact) mass is 507 g/mol. The van der Waals surface area contributed by atoms with Crippen LogP contribution in [0.1, 0.15) is 22.8 Å². The molecule has 1 amide bonds. The van der Waals surface area contributed by atoms with Crippen molar-refractivity contribution in [2.45, 2.75) is 13.3 Å². The molecule has 0 saturated heterocycles. The molecule has 0 atom stereocenters. The van der Waals surface area contributed by atoms with E-state index in [1.54, 1.807) is 0 Å². The summed E-state index contributed by atoms with van der Waals surface area (Å²) in [6.07, 6.45) is 0.864. The second-order valence-corrected chi connectivity index (χ2v) is 7.25. The Bertz CT molecular complexity index is 658. The quantitative estimate of drug-likeness (QED) is 0.535. The zero-order valence-corrected chi connectivity index (χ0v) is 16.0. The number of rotatable bonds is 3. The normalized spacial score (nSPS) is 10.4. The summed E-state index contributed by atoms with van der Waals surface area (Å²) in [7, 11) is 0. The van der Waals surface area contributed by atoms with Gasteiger partial charge in [-0.3, -0.25) is 4.79 Å². The highest BCUT2D eigenvalue weighted by atomic mass is 127. The van der Waals surface area contributed by atoms with E-state index in [0.29, 0.717) is 5.56 Å². The van der Waals surface area contributed by atoms with Crippen LogP contribution in [0.4, 0.5) is 5.69 Å². The maximum Gasteiger partial charge on any atom is 0.256 e. The van der Waals surface area contributed by atoms with Crippen LogP contribution in [0.3, 0.4) is 0 Å². The Morgan fingerprint density at radius 2 is 1.95 bits per heavy atom. The summed E-state index contributed by atoms with van der Waals surface area (Å²) in [5, 5.41) is 2.98. The lowest BCUT2D eigenvalue weighted by atomic mass is 10.1. The number of aryl methyl sites for hydroxylation is 1. The Labute approximate surface area is 148 Å². The van der Waals surface area contributed by atoms with Gasteiger partial charge in [-0.05, 0) is 86.9 Å². The molecule has 0 aliphatic rings. The molecule has 0 aliphatic heterocycles. The number of hydrogen-bond donors (Lipinski definition) is 1. The van der Waals surface area contributed by atoms with Gasteiger partial charge in [0.1, 0.15) is 0 Å². The van der Waals surface area contributed by atoms with E-state index in [9.17, 15) is 4.79 Å². The van der Waals surface area contributed by atoms with Crippen molar-refractivity contribution in [3.8, 4) is 0 Å². The summed E-state index contributed by atoms with van der Waals surface area (Å²) < 4.78 is 2.84. The van der Waals surface area contributed by atoms with Gasteiger partial charge in [0.05, 0.1) is 5.56 Å². The molecular weight excluding hydrogens is 497 g/mol. The highest BCUT2D eigenvalue weighted by molar-refractivity contribution is 14.1.